The Morgan fingerprint density at radius 2 is 2.11 bits per heavy atom. The van der Waals surface area contributed by atoms with Gasteiger partial charge in [0.15, 0.2) is 0 Å². The van der Waals surface area contributed by atoms with Crippen LogP contribution >= 0.6 is 0 Å². The van der Waals surface area contributed by atoms with Crippen LogP contribution in [0.3, 0.4) is 0 Å². The maximum Gasteiger partial charge on any atom is 0.270 e. The second kappa shape index (κ2) is 8.50. The molecule has 0 spiro atoms. The lowest BCUT2D eigenvalue weighted by atomic mass is 10.0. The number of nitrogens with two attached hydrogens (primary N) is 1. The van der Waals surface area contributed by atoms with E-state index in [0.717, 1.165) is 12.0 Å². The first kappa shape index (κ1) is 19.3. The molecule has 3 N–H and O–H groups in total. The van der Waals surface area contributed by atoms with Crippen LogP contribution in [0.25, 0.3) is 0 Å². The van der Waals surface area contributed by atoms with E-state index in [4.69, 9.17) is 5.73 Å². The number of nitro groups is 1. The van der Waals surface area contributed by atoms with Crippen LogP contribution in [0.2, 0.25) is 0 Å². The lowest BCUT2D eigenvalue weighted by Crippen LogP contribution is -2.48. The van der Waals surface area contributed by atoms with Crippen LogP contribution in [0.1, 0.15) is 17.5 Å². The van der Waals surface area contributed by atoms with Gasteiger partial charge in [0.25, 0.3) is 5.69 Å². The van der Waals surface area contributed by atoms with Gasteiger partial charge >= 0.3 is 0 Å². The van der Waals surface area contributed by atoms with Crippen molar-refractivity contribution in [3.8, 4) is 6.07 Å². The summed E-state index contributed by atoms with van der Waals surface area (Å²) < 4.78 is 0. The third-order valence-corrected chi connectivity index (χ3v) is 4.90. The Morgan fingerprint density at radius 3 is 2.75 bits per heavy atom. The maximum absolute atomic E-state index is 11.9. The summed E-state index contributed by atoms with van der Waals surface area (Å²) >= 11 is 0. The first-order valence-electron chi connectivity index (χ1n) is 9.00. The van der Waals surface area contributed by atoms with Gasteiger partial charge in [-0.25, -0.2) is 0 Å². The number of carbonyl (C=O) groups excluding carboxylic acids is 1. The van der Waals surface area contributed by atoms with Gasteiger partial charge in [-0.1, -0.05) is 30.3 Å². The molecule has 2 aromatic rings. The van der Waals surface area contributed by atoms with E-state index < -0.39 is 16.9 Å². The number of hydrogen-bond donors (Lipinski definition) is 2. The second-order valence-electron chi connectivity index (χ2n) is 6.81. The zero-order valence-corrected chi connectivity index (χ0v) is 15.2. The summed E-state index contributed by atoms with van der Waals surface area (Å²) in [6, 6.07) is 15.5. The molecule has 0 unspecified atom stereocenters. The summed E-state index contributed by atoms with van der Waals surface area (Å²) in [5.41, 5.74) is 7.43. The average Bonchev–Trinajstić information content (AvgIpc) is 3.16. The first-order valence-corrected chi connectivity index (χ1v) is 9.00. The van der Waals surface area contributed by atoms with E-state index in [9.17, 15) is 20.2 Å². The standard InChI is InChI=1S/C20H21N5O3/c21-12-15-11-17(25(27)28)6-7-19(15)24-9-8-16(13-24)23-18(20(22)26)10-14-4-2-1-3-5-14/h1-7,11,16,18,23H,8-10,13H2,(H2,22,26)/t16-,18-/m0/s1. The van der Waals surface area contributed by atoms with E-state index >= 15 is 0 Å². The number of nitrogens with zero attached hydrogens (tertiary/aromatic N) is 3. The number of nitrogens with one attached hydrogen (secondary N) is 1. The molecule has 2 aromatic carbocycles. The topological polar surface area (TPSA) is 125 Å². The SMILES string of the molecule is N#Cc1cc([N+](=O)[O-])ccc1N1CC[C@H](N[C@@H](Cc2ccccc2)C(N)=O)C1. The molecule has 1 aliphatic rings. The van der Waals surface area contributed by atoms with E-state index in [1.165, 1.54) is 12.1 Å². The Kier molecular flexibility index (Phi) is 5.87. The molecular formula is C20H21N5O3. The smallest absolute Gasteiger partial charge is 0.270 e. The molecule has 28 heavy (non-hydrogen) atoms. The Morgan fingerprint density at radius 1 is 1.36 bits per heavy atom. The Hall–Kier alpha value is -3.44. The number of benzene rings is 2. The molecular weight excluding hydrogens is 358 g/mol. The summed E-state index contributed by atoms with van der Waals surface area (Å²) in [7, 11) is 0. The Bertz CT molecular complexity index is 910. The van der Waals surface area contributed by atoms with Crippen molar-refractivity contribution in [2.75, 3.05) is 18.0 Å². The van der Waals surface area contributed by atoms with Gasteiger partial charge in [-0.3, -0.25) is 14.9 Å². The van der Waals surface area contributed by atoms with Gasteiger partial charge < -0.3 is 16.0 Å². The van der Waals surface area contributed by atoms with Crippen molar-refractivity contribution < 1.29 is 9.72 Å². The van der Waals surface area contributed by atoms with E-state index in [1.54, 1.807) is 6.07 Å². The molecule has 1 fully saturated rings. The number of anilines is 1. The molecule has 0 bridgehead atoms. The maximum atomic E-state index is 11.9. The number of hydrogen-bond acceptors (Lipinski definition) is 6. The predicted octanol–water partition coefficient (Wildman–Crippen LogP) is 1.73. The largest absolute Gasteiger partial charge is 0.369 e. The fraction of sp³-hybridized carbons (Fsp3) is 0.300. The van der Waals surface area contributed by atoms with Crippen molar-refractivity contribution in [1.29, 1.82) is 5.26 Å². The van der Waals surface area contributed by atoms with Crippen molar-refractivity contribution in [2.45, 2.75) is 24.9 Å². The molecule has 3 rings (SSSR count). The number of rotatable bonds is 7. The van der Waals surface area contributed by atoms with Gasteiger partial charge in [0, 0.05) is 31.3 Å². The minimum absolute atomic E-state index is 0.0305. The molecule has 0 saturated carbocycles. The molecule has 0 aliphatic carbocycles. The Balaban J connectivity index is 1.68. The van der Waals surface area contributed by atoms with Crippen LogP contribution in [-0.2, 0) is 11.2 Å². The molecule has 0 aromatic heterocycles. The lowest BCUT2D eigenvalue weighted by molar-refractivity contribution is -0.384. The van der Waals surface area contributed by atoms with Gasteiger partial charge in [0.2, 0.25) is 5.91 Å². The minimum atomic E-state index is -0.514. The summed E-state index contributed by atoms with van der Waals surface area (Å²) in [5, 5.41) is 23.6. The molecule has 144 valence electrons. The summed E-state index contributed by atoms with van der Waals surface area (Å²) in [5.74, 6) is -0.407. The summed E-state index contributed by atoms with van der Waals surface area (Å²) in [4.78, 5) is 24.3. The molecule has 1 aliphatic heterocycles. The lowest BCUT2D eigenvalue weighted by Gasteiger charge is -2.23. The number of amides is 1. The Labute approximate surface area is 162 Å². The van der Waals surface area contributed by atoms with Crippen LogP contribution in [-0.4, -0.2) is 36.0 Å². The average molecular weight is 379 g/mol. The van der Waals surface area contributed by atoms with Gasteiger partial charge in [-0.2, -0.15) is 5.26 Å². The van der Waals surface area contributed by atoms with Crippen molar-refractivity contribution in [1.82, 2.24) is 5.32 Å². The normalized spacial score (nSPS) is 17.1. The molecule has 1 saturated heterocycles. The number of non-ortho nitro benzene ring substituents is 1. The fourth-order valence-corrected chi connectivity index (χ4v) is 3.49. The van der Waals surface area contributed by atoms with E-state index in [-0.39, 0.29) is 17.3 Å². The van der Waals surface area contributed by atoms with Gasteiger partial charge in [-0.05, 0) is 24.5 Å². The number of nitriles is 1. The third-order valence-electron chi connectivity index (χ3n) is 4.90. The van der Waals surface area contributed by atoms with E-state index in [1.807, 2.05) is 41.3 Å². The quantitative estimate of drug-likeness (QED) is 0.557. The number of primary amides is 1. The van der Waals surface area contributed by atoms with Crippen molar-refractivity contribution in [2.24, 2.45) is 5.73 Å². The zero-order valence-electron chi connectivity index (χ0n) is 15.2. The minimum Gasteiger partial charge on any atom is -0.369 e. The van der Waals surface area contributed by atoms with Gasteiger partial charge in [0.1, 0.15) is 6.07 Å². The number of carbonyl (C=O) groups is 1. The highest BCUT2D eigenvalue weighted by Crippen LogP contribution is 2.28. The van der Waals surface area contributed by atoms with Crippen LogP contribution in [0, 0.1) is 21.4 Å². The van der Waals surface area contributed by atoms with Crippen LogP contribution in [0.5, 0.6) is 0 Å². The summed E-state index contributed by atoms with van der Waals surface area (Å²) in [6.45, 7) is 1.27. The van der Waals surface area contributed by atoms with Gasteiger partial charge in [0.05, 0.1) is 22.2 Å². The zero-order chi connectivity index (χ0) is 20.1. The summed E-state index contributed by atoms with van der Waals surface area (Å²) in [6.07, 6.45) is 1.29. The van der Waals surface area contributed by atoms with E-state index in [0.29, 0.717) is 25.2 Å². The van der Waals surface area contributed by atoms with Crippen LogP contribution < -0.4 is 16.0 Å². The number of nitro benzene ring substituents is 1. The highest BCUT2D eigenvalue weighted by Gasteiger charge is 2.28. The molecule has 1 amide bonds. The highest BCUT2D eigenvalue weighted by atomic mass is 16.6. The van der Waals surface area contributed by atoms with Crippen molar-refractivity contribution >= 4 is 17.3 Å². The third kappa shape index (κ3) is 4.45. The predicted molar refractivity (Wildman–Crippen MR) is 105 cm³/mol. The second-order valence-corrected chi connectivity index (χ2v) is 6.81. The van der Waals surface area contributed by atoms with Crippen molar-refractivity contribution in [3.05, 3.63) is 69.8 Å². The van der Waals surface area contributed by atoms with E-state index in [2.05, 4.69) is 5.32 Å². The fourth-order valence-electron chi connectivity index (χ4n) is 3.49. The molecule has 1 heterocycles. The van der Waals surface area contributed by atoms with Crippen LogP contribution in [0.4, 0.5) is 11.4 Å². The molecule has 8 heteroatoms. The molecule has 2 atom stereocenters. The monoisotopic (exact) mass is 379 g/mol. The highest BCUT2D eigenvalue weighted by molar-refractivity contribution is 5.80. The molecule has 0 radical (unpaired) electrons. The first-order chi connectivity index (χ1) is 13.5. The van der Waals surface area contributed by atoms with Crippen molar-refractivity contribution in [3.63, 3.8) is 0 Å². The molecule has 8 nitrogen and oxygen atoms in total. The van der Waals surface area contributed by atoms with Gasteiger partial charge in [-0.15, -0.1) is 0 Å². The van der Waals surface area contributed by atoms with Crippen LogP contribution in [0.15, 0.2) is 48.5 Å².